The molecule has 21 heavy (non-hydrogen) atoms. The molecule has 0 radical (unpaired) electrons. The number of amides is 1. The van der Waals surface area contributed by atoms with Gasteiger partial charge in [-0.15, -0.1) is 0 Å². The van der Waals surface area contributed by atoms with Crippen LogP contribution in [-0.2, 0) is 0 Å². The minimum absolute atomic E-state index is 0.0845. The fourth-order valence-electron chi connectivity index (χ4n) is 2.54. The summed E-state index contributed by atoms with van der Waals surface area (Å²) in [5.74, 6) is 0.421. The highest BCUT2D eigenvalue weighted by molar-refractivity contribution is 5.99. The Morgan fingerprint density at radius 1 is 1.29 bits per heavy atom. The van der Waals surface area contributed by atoms with Crippen molar-refractivity contribution < 1.29 is 14.4 Å². The van der Waals surface area contributed by atoms with Gasteiger partial charge in [-0.2, -0.15) is 0 Å². The van der Waals surface area contributed by atoms with Gasteiger partial charge in [0.15, 0.2) is 5.76 Å². The Morgan fingerprint density at radius 2 is 1.95 bits per heavy atom. The van der Waals surface area contributed by atoms with Crippen LogP contribution in [0.15, 0.2) is 35.0 Å². The number of aromatic nitrogens is 1. The maximum Gasteiger partial charge on any atom is 0.259 e. The summed E-state index contributed by atoms with van der Waals surface area (Å²) >= 11 is 0. The van der Waals surface area contributed by atoms with Crippen LogP contribution in [0.3, 0.4) is 0 Å². The van der Waals surface area contributed by atoms with Crippen LogP contribution in [-0.4, -0.2) is 40.3 Å². The molecule has 1 aromatic heterocycles. The lowest BCUT2D eigenvalue weighted by Gasteiger charge is -2.29. The van der Waals surface area contributed by atoms with Gasteiger partial charge in [0, 0.05) is 18.7 Å². The Bertz CT molecular complexity index is 625. The van der Waals surface area contributed by atoms with Crippen molar-refractivity contribution in [1.29, 1.82) is 0 Å². The minimum atomic E-state index is -0.298. The van der Waals surface area contributed by atoms with Gasteiger partial charge in [-0.1, -0.05) is 35.0 Å². The van der Waals surface area contributed by atoms with E-state index in [2.05, 4.69) is 5.16 Å². The van der Waals surface area contributed by atoms with E-state index >= 15 is 0 Å². The molecule has 1 aromatic carbocycles. The van der Waals surface area contributed by atoms with Crippen molar-refractivity contribution in [2.45, 2.75) is 25.9 Å². The second-order valence-electron chi connectivity index (χ2n) is 5.46. The van der Waals surface area contributed by atoms with Crippen molar-refractivity contribution in [3.8, 4) is 11.3 Å². The SMILES string of the molecule is Cc1ccc(-c2oncc2C(=O)N2CCC(O)CC2)cc1. The maximum atomic E-state index is 12.6. The van der Waals surface area contributed by atoms with Gasteiger partial charge in [0.05, 0.1) is 12.3 Å². The predicted molar refractivity (Wildman–Crippen MR) is 77.8 cm³/mol. The molecular formula is C16H18N2O3. The van der Waals surface area contributed by atoms with Crippen LogP contribution in [0, 0.1) is 6.92 Å². The first kappa shape index (κ1) is 13.8. The predicted octanol–water partition coefficient (Wildman–Crippen LogP) is 2.25. The van der Waals surface area contributed by atoms with Crippen LogP contribution in [0.4, 0.5) is 0 Å². The zero-order chi connectivity index (χ0) is 14.8. The second kappa shape index (κ2) is 5.69. The summed E-state index contributed by atoms with van der Waals surface area (Å²) < 4.78 is 5.28. The molecule has 1 fully saturated rings. The van der Waals surface area contributed by atoms with E-state index < -0.39 is 0 Å². The monoisotopic (exact) mass is 286 g/mol. The summed E-state index contributed by atoms with van der Waals surface area (Å²) in [6, 6.07) is 7.80. The molecule has 0 saturated carbocycles. The van der Waals surface area contributed by atoms with E-state index in [1.165, 1.54) is 6.20 Å². The number of hydrogen-bond acceptors (Lipinski definition) is 4. The van der Waals surface area contributed by atoms with Crippen LogP contribution < -0.4 is 0 Å². The lowest BCUT2D eigenvalue weighted by Crippen LogP contribution is -2.40. The number of aryl methyl sites for hydroxylation is 1. The highest BCUT2D eigenvalue weighted by atomic mass is 16.5. The van der Waals surface area contributed by atoms with E-state index in [1.54, 1.807) is 4.90 Å². The molecule has 2 aromatic rings. The highest BCUT2D eigenvalue weighted by Gasteiger charge is 2.26. The molecule has 1 aliphatic heterocycles. The van der Waals surface area contributed by atoms with Crippen LogP contribution >= 0.6 is 0 Å². The fourth-order valence-corrected chi connectivity index (χ4v) is 2.54. The number of carbonyl (C=O) groups excluding carboxylic acids is 1. The Balaban J connectivity index is 1.85. The average Bonchev–Trinajstić information content (AvgIpc) is 2.97. The largest absolute Gasteiger partial charge is 0.393 e. The van der Waals surface area contributed by atoms with Gasteiger partial charge in [0.1, 0.15) is 5.56 Å². The van der Waals surface area contributed by atoms with Gasteiger partial charge in [-0.25, -0.2) is 0 Å². The molecule has 0 bridgehead atoms. The van der Waals surface area contributed by atoms with Crippen LogP contribution in [0.5, 0.6) is 0 Å². The Kier molecular flexibility index (Phi) is 3.75. The molecule has 0 atom stereocenters. The standard InChI is InChI=1S/C16H18N2O3/c1-11-2-4-12(5-3-11)15-14(10-17-21-15)16(20)18-8-6-13(19)7-9-18/h2-5,10,13,19H,6-9H2,1H3. The molecule has 0 spiro atoms. The summed E-state index contributed by atoms with van der Waals surface area (Å²) in [5.41, 5.74) is 2.48. The van der Waals surface area contributed by atoms with Gasteiger partial charge in [0.25, 0.3) is 5.91 Å². The molecule has 3 rings (SSSR count). The summed E-state index contributed by atoms with van der Waals surface area (Å²) in [5, 5.41) is 13.3. The van der Waals surface area contributed by atoms with Gasteiger partial charge in [-0.05, 0) is 19.8 Å². The summed E-state index contributed by atoms with van der Waals surface area (Å²) in [6.07, 6.45) is 2.42. The molecule has 110 valence electrons. The molecule has 1 saturated heterocycles. The van der Waals surface area contributed by atoms with Gasteiger partial charge >= 0.3 is 0 Å². The Labute approximate surface area is 123 Å². The van der Waals surface area contributed by atoms with Gasteiger partial charge < -0.3 is 14.5 Å². The number of carbonyl (C=O) groups is 1. The number of aliphatic hydroxyl groups excluding tert-OH is 1. The average molecular weight is 286 g/mol. The van der Waals surface area contributed by atoms with Crippen LogP contribution in [0.2, 0.25) is 0 Å². The van der Waals surface area contributed by atoms with Crippen molar-refractivity contribution in [2.75, 3.05) is 13.1 Å². The van der Waals surface area contributed by atoms with E-state index in [-0.39, 0.29) is 12.0 Å². The number of aliphatic hydroxyl groups is 1. The second-order valence-corrected chi connectivity index (χ2v) is 5.46. The number of piperidine rings is 1. The highest BCUT2D eigenvalue weighted by Crippen LogP contribution is 2.26. The number of hydrogen-bond donors (Lipinski definition) is 1. The zero-order valence-corrected chi connectivity index (χ0v) is 12.0. The van der Waals surface area contributed by atoms with Crippen LogP contribution in [0.25, 0.3) is 11.3 Å². The third kappa shape index (κ3) is 2.83. The van der Waals surface area contributed by atoms with Crippen molar-refractivity contribution in [3.05, 3.63) is 41.6 Å². The minimum Gasteiger partial charge on any atom is -0.393 e. The van der Waals surface area contributed by atoms with Crippen molar-refractivity contribution >= 4 is 5.91 Å². The summed E-state index contributed by atoms with van der Waals surface area (Å²) in [6.45, 7) is 3.15. The molecular weight excluding hydrogens is 268 g/mol. The molecule has 0 aliphatic carbocycles. The quantitative estimate of drug-likeness (QED) is 0.919. The lowest BCUT2D eigenvalue weighted by atomic mass is 10.0. The Hall–Kier alpha value is -2.14. The fraction of sp³-hybridized carbons (Fsp3) is 0.375. The molecule has 2 heterocycles. The third-order valence-corrected chi connectivity index (χ3v) is 3.87. The van der Waals surface area contributed by atoms with E-state index in [4.69, 9.17) is 4.52 Å². The third-order valence-electron chi connectivity index (χ3n) is 3.87. The first-order chi connectivity index (χ1) is 10.1. The molecule has 1 aliphatic rings. The van der Waals surface area contributed by atoms with Crippen molar-refractivity contribution in [3.63, 3.8) is 0 Å². The van der Waals surface area contributed by atoms with E-state index in [9.17, 15) is 9.90 Å². The number of nitrogens with zero attached hydrogens (tertiary/aromatic N) is 2. The maximum absolute atomic E-state index is 12.6. The molecule has 0 unspecified atom stereocenters. The topological polar surface area (TPSA) is 66.6 Å². The number of rotatable bonds is 2. The van der Waals surface area contributed by atoms with Crippen LogP contribution in [0.1, 0.15) is 28.8 Å². The number of benzene rings is 1. The first-order valence-corrected chi connectivity index (χ1v) is 7.14. The lowest BCUT2D eigenvalue weighted by molar-refractivity contribution is 0.0547. The molecule has 1 N–H and O–H groups in total. The zero-order valence-electron chi connectivity index (χ0n) is 12.0. The van der Waals surface area contributed by atoms with Crippen molar-refractivity contribution in [2.24, 2.45) is 0 Å². The number of likely N-dealkylation sites (tertiary alicyclic amines) is 1. The molecule has 5 heteroatoms. The molecule has 5 nitrogen and oxygen atoms in total. The Morgan fingerprint density at radius 3 is 2.62 bits per heavy atom. The van der Waals surface area contributed by atoms with E-state index in [0.29, 0.717) is 37.3 Å². The van der Waals surface area contributed by atoms with Gasteiger partial charge in [0.2, 0.25) is 0 Å². The normalized spacial score (nSPS) is 16.2. The molecule has 1 amide bonds. The summed E-state index contributed by atoms with van der Waals surface area (Å²) in [4.78, 5) is 14.3. The van der Waals surface area contributed by atoms with Gasteiger partial charge in [-0.3, -0.25) is 4.79 Å². The van der Waals surface area contributed by atoms with E-state index in [1.807, 2.05) is 31.2 Å². The smallest absolute Gasteiger partial charge is 0.259 e. The first-order valence-electron chi connectivity index (χ1n) is 7.14. The summed E-state index contributed by atoms with van der Waals surface area (Å²) in [7, 11) is 0. The van der Waals surface area contributed by atoms with Crippen molar-refractivity contribution in [1.82, 2.24) is 10.1 Å². The van der Waals surface area contributed by atoms with E-state index in [0.717, 1.165) is 11.1 Å².